The van der Waals surface area contributed by atoms with Crippen molar-refractivity contribution in [1.29, 1.82) is 0 Å². The van der Waals surface area contributed by atoms with Gasteiger partial charge in [0.1, 0.15) is 0 Å². The molecule has 1 N–H and O–H groups in total. The van der Waals surface area contributed by atoms with Gasteiger partial charge in [-0.2, -0.15) is 0 Å². The van der Waals surface area contributed by atoms with E-state index in [4.69, 9.17) is 4.74 Å². The van der Waals surface area contributed by atoms with Crippen LogP contribution in [0.3, 0.4) is 0 Å². The van der Waals surface area contributed by atoms with Crippen LogP contribution in [-0.2, 0) is 4.74 Å². The highest BCUT2D eigenvalue weighted by Gasteiger charge is 2.33. The summed E-state index contributed by atoms with van der Waals surface area (Å²) in [5.74, 6) is 0. The van der Waals surface area contributed by atoms with Crippen molar-refractivity contribution in [2.45, 2.75) is 26.7 Å². The van der Waals surface area contributed by atoms with Crippen LogP contribution in [0.1, 0.15) is 25.3 Å². The van der Waals surface area contributed by atoms with E-state index in [1.807, 2.05) is 0 Å². The number of anilines is 1. The minimum absolute atomic E-state index is 0.340. The molecule has 0 spiro atoms. The molecule has 2 rings (SSSR count). The van der Waals surface area contributed by atoms with Crippen molar-refractivity contribution < 1.29 is 4.74 Å². The van der Waals surface area contributed by atoms with Crippen molar-refractivity contribution in [3.63, 3.8) is 0 Å². The maximum absolute atomic E-state index is 5.56. The monoisotopic (exact) mass is 276 g/mol. The summed E-state index contributed by atoms with van der Waals surface area (Å²) in [6, 6.07) is 8.83. The molecule has 0 atom stereocenters. The van der Waals surface area contributed by atoms with Gasteiger partial charge in [-0.25, -0.2) is 0 Å². The van der Waals surface area contributed by atoms with Crippen LogP contribution in [0.5, 0.6) is 0 Å². The van der Waals surface area contributed by atoms with Gasteiger partial charge in [-0.15, -0.1) is 0 Å². The highest BCUT2D eigenvalue weighted by molar-refractivity contribution is 5.48. The Hall–Kier alpha value is -1.06. The lowest BCUT2D eigenvalue weighted by molar-refractivity contribution is 0.0193. The number of nitrogens with one attached hydrogen (secondary N) is 1. The minimum Gasteiger partial charge on any atom is -0.381 e. The zero-order valence-electron chi connectivity index (χ0n) is 13.1. The Labute approximate surface area is 123 Å². The molecule has 1 aliphatic heterocycles. The second-order valence-corrected chi connectivity index (χ2v) is 6.00. The summed E-state index contributed by atoms with van der Waals surface area (Å²) in [6.45, 7) is 9.43. The summed E-state index contributed by atoms with van der Waals surface area (Å²) in [5, 5.41) is 3.39. The molecule has 0 saturated carbocycles. The Kier molecular flexibility index (Phi) is 5.44. The van der Waals surface area contributed by atoms with Crippen molar-refractivity contribution in [1.82, 2.24) is 5.32 Å². The second-order valence-electron chi connectivity index (χ2n) is 6.00. The van der Waals surface area contributed by atoms with Gasteiger partial charge in [-0.1, -0.05) is 12.1 Å². The number of hydrogen-bond donors (Lipinski definition) is 1. The van der Waals surface area contributed by atoms with Gasteiger partial charge in [-0.3, -0.25) is 0 Å². The number of benzene rings is 1. The fraction of sp³-hybridized carbons (Fsp3) is 0.647. The first kappa shape index (κ1) is 15.3. The van der Waals surface area contributed by atoms with Gasteiger partial charge in [0.15, 0.2) is 0 Å². The number of nitrogens with zero attached hydrogens (tertiary/aromatic N) is 1. The van der Waals surface area contributed by atoms with Crippen LogP contribution in [0, 0.1) is 12.3 Å². The first-order chi connectivity index (χ1) is 9.69. The van der Waals surface area contributed by atoms with Gasteiger partial charge < -0.3 is 15.0 Å². The highest BCUT2D eigenvalue weighted by atomic mass is 16.5. The minimum atomic E-state index is 0.340. The molecule has 1 aromatic carbocycles. The van der Waals surface area contributed by atoms with Gasteiger partial charge >= 0.3 is 0 Å². The molecule has 0 unspecified atom stereocenters. The lowest BCUT2D eigenvalue weighted by Crippen LogP contribution is -2.47. The van der Waals surface area contributed by atoms with Crippen molar-refractivity contribution in [2.75, 3.05) is 44.8 Å². The SMILES string of the molecule is CCN(CC1(CNC)CCOCC1)c1cccc(C)c1. The van der Waals surface area contributed by atoms with E-state index in [0.717, 1.165) is 45.7 Å². The van der Waals surface area contributed by atoms with E-state index in [1.165, 1.54) is 11.3 Å². The van der Waals surface area contributed by atoms with E-state index < -0.39 is 0 Å². The van der Waals surface area contributed by atoms with Gasteiger partial charge in [0.05, 0.1) is 0 Å². The van der Waals surface area contributed by atoms with Crippen LogP contribution < -0.4 is 10.2 Å². The molecule has 112 valence electrons. The summed E-state index contributed by atoms with van der Waals surface area (Å²) in [5.41, 5.74) is 3.01. The lowest BCUT2D eigenvalue weighted by Gasteiger charge is -2.41. The predicted molar refractivity (Wildman–Crippen MR) is 85.5 cm³/mol. The topological polar surface area (TPSA) is 24.5 Å². The average Bonchev–Trinajstić information content (AvgIpc) is 2.46. The maximum atomic E-state index is 5.56. The number of aryl methyl sites for hydroxylation is 1. The Morgan fingerprint density at radius 2 is 2.05 bits per heavy atom. The van der Waals surface area contributed by atoms with Gasteiger partial charge in [0, 0.05) is 44.0 Å². The zero-order chi connectivity index (χ0) is 14.4. The Morgan fingerprint density at radius 3 is 2.65 bits per heavy atom. The second kappa shape index (κ2) is 7.09. The average molecular weight is 276 g/mol. The molecule has 0 radical (unpaired) electrons. The van der Waals surface area contributed by atoms with Crippen LogP contribution >= 0.6 is 0 Å². The lowest BCUT2D eigenvalue weighted by atomic mass is 9.79. The summed E-state index contributed by atoms with van der Waals surface area (Å²) < 4.78 is 5.56. The van der Waals surface area contributed by atoms with Crippen LogP contribution in [-0.4, -0.2) is 39.9 Å². The van der Waals surface area contributed by atoms with E-state index in [1.54, 1.807) is 0 Å². The van der Waals surface area contributed by atoms with Crippen molar-refractivity contribution >= 4 is 5.69 Å². The van der Waals surface area contributed by atoms with Gasteiger partial charge in [0.2, 0.25) is 0 Å². The molecule has 1 heterocycles. The third kappa shape index (κ3) is 3.74. The van der Waals surface area contributed by atoms with Gasteiger partial charge in [-0.05, 0) is 51.4 Å². The molecule has 20 heavy (non-hydrogen) atoms. The molecule has 1 saturated heterocycles. The molecule has 0 aliphatic carbocycles. The first-order valence-corrected chi connectivity index (χ1v) is 7.73. The number of hydrogen-bond acceptors (Lipinski definition) is 3. The molecular formula is C17H28N2O. The van der Waals surface area contributed by atoms with Crippen LogP contribution in [0.4, 0.5) is 5.69 Å². The number of ether oxygens (including phenoxy) is 1. The molecule has 1 aliphatic rings. The zero-order valence-corrected chi connectivity index (χ0v) is 13.1. The first-order valence-electron chi connectivity index (χ1n) is 7.73. The molecule has 0 amide bonds. The molecular weight excluding hydrogens is 248 g/mol. The Balaban J connectivity index is 2.14. The Morgan fingerprint density at radius 1 is 1.30 bits per heavy atom. The van der Waals surface area contributed by atoms with Crippen LogP contribution in [0.2, 0.25) is 0 Å². The summed E-state index contributed by atoms with van der Waals surface area (Å²) in [6.07, 6.45) is 2.30. The number of rotatable bonds is 6. The van der Waals surface area contributed by atoms with E-state index in [2.05, 4.69) is 55.4 Å². The molecule has 0 aromatic heterocycles. The third-order valence-electron chi connectivity index (χ3n) is 4.38. The largest absolute Gasteiger partial charge is 0.381 e. The van der Waals surface area contributed by atoms with E-state index in [9.17, 15) is 0 Å². The summed E-state index contributed by atoms with van der Waals surface area (Å²) in [4.78, 5) is 2.51. The molecule has 1 fully saturated rings. The molecule has 3 nitrogen and oxygen atoms in total. The van der Waals surface area contributed by atoms with E-state index in [-0.39, 0.29) is 0 Å². The molecule has 3 heteroatoms. The van der Waals surface area contributed by atoms with E-state index in [0.29, 0.717) is 5.41 Å². The highest BCUT2D eigenvalue weighted by Crippen LogP contribution is 2.32. The quantitative estimate of drug-likeness (QED) is 0.864. The van der Waals surface area contributed by atoms with E-state index >= 15 is 0 Å². The maximum Gasteiger partial charge on any atom is 0.0472 e. The molecule has 1 aromatic rings. The third-order valence-corrected chi connectivity index (χ3v) is 4.38. The fourth-order valence-electron chi connectivity index (χ4n) is 3.19. The van der Waals surface area contributed by atoms with Gasteiger partial charge in [0.25, 0.3) is 0 Å². The van der Waals surface area contributed by atoms with Crippen molar-refractivity contribution in [2.24, 2.45) is 5.41 Å². The van der Waals surface area contributed by atoms with Crippen LogP contribution in [0.25, 0.3) is 0 Å². The normalized spacial score (nSPS) is 17.9. The predicted octanol–water partition coefficient (Wildman–Crippen LogP) is 2.84. The smallest absolute Gasteiger partial charge is 0.0472 e. The van der Waals surface area contributed by atoms with Crippen LogP contribution in [0.15, 0.2) is 24.3 Å². The Bertz CT molecular complexity index is 408. The summed E-state index contributed by atoms with van der Waals surface area (Å²) in [7, 11) is 2.06. The fourth-order valence-corrected chi connectivity index (χ4v) is 3.19. The molecule has 0 bridgehead atoms. The summed E-state index contributed by atoms with van der Waals surface area (Å²) >= 11 is 0. The van der Waals surface area contributed by atoms with Crippen molar-refractivity contribution in [3.8, 4) is 0 Å². The standard InChI is InChI=1S/C17H28N2O/c1-4-19(16-7-5-6-15(2)12-16)14-17(13-18-3)8-10-20-11-9-17/h5-7,12,18H,4,8-11,13-14H2,1-3H3. The van der Waals surface area contributed by atoms with Crippen molar-refractivity contribution in [3.05, 3.63) is 29.8 Å².